The Kier molecular flexibility index (Phi) is 5.41. The van der Waals surface area contributed by atoms with E-state index >= 15 is 0 Å². The summed E-state index contributed by atoms with van der Waals surface area (Å²) in [4.78, 5) is 22.9. The van der Waals surface area contributed by atoms with Crippen LogP contribution in [-0.2, 0) is 9.59 Å². The molecule has 0 saturated heterocycles. The average molecular weight is 243 g/mol. The van der Waals surface area contributed by atoms with Gasteiger partial charge in [0.2, 0.25) is 5.91 Å². The van der Waals surface area contributed by atoms with E-state index in [4.69, 9.17) is 5.11 Å². The van der Waals surface area contributed by atoms with Crippen LogP contribution < -0.4 is 5.32 Å². The zero-order valence-corrected chi connectivity index (χ0v) is 10.2. The molecule has 0 radical (unpaired) electrons. The maximum atomic E-state index is 11.8. The van der Waals surface area contributed by atoms with Crippen LogP contribution in [-0.4, -0.2) is 34.7 Å². The predicted octanol–water partition coefficient (Wildman–Crippen LogP) is 0.764. The van der Waals surface area contributed by atoms with Gasteiger partial charge in [-0.25, -0.2) is 0 Å². The number of carboxylic acid groups (broad SMARTS) is 1. The Morgan fingerprint density at radius 3 is 2.41 bits per heavy atom. The highest BCUT2D eigenvalue weighted by Crippen LogP contribution is 2.30. The predicted molar refractivity (Wildman–Crippen MR) is 62.4 cm³/mol. The minimum atomic E-state index is -0.888. The van der Waals surface area contributed by atoms with Crippen molar-refractivity contribution >= 4 is 11.9 Å². The highest BCUT2D eigenvalue weighted by atomic mass is 16.4. The molecular formula is C12H21NO4. The van der Waals surface area contributed by atoms with E-state index in [0.717, 1.165) is 12.8 Å². The molecule has 98 valence electrons. The van der Waals surface area contributed by atoms with Crippen molar-refractivity contribution in [3.63, 3.8) is 0 Å². The Morgan fingerprint density at radius 2 is 1.88 bits per heavy atom. The molecule has 1 rings (SSSR count). The molecule has 1 aliphatic rings. The first-order valence-corrected chi connectivity index (χ1v) is 6.24. The lowest BCUT2D eigenvalue weighted by molar-refractivity contribution is -0.149. The molecule has 5 nitrogen and oxygen atoms in total. The minimum Gasteiger partial charge on any atom is -0.481 e. The second-order valence-electron chi connectivity index (χ2n) is 4.64. The first kappa shape index (κ1) is 14.0. The van der Waals surface area contributed by atoms with Crippen molar-refractivity contribution in [3.05, 3.63) is 0 Å². The fraction of sp³-hybridized carbons (Fsp3) is 0.833. The number of rotatable bonds is 5. The number of hydrogen-bond donors (Lipinski definition) is 3. The van der Waals surface area contributed by atoms with E-state index in [1.165, 1.54) is 0 Å². The van der Waals surface area contributed by atoms with Gasteiger partial charge in [0.1, 0.15) is 0 Å². The molecule has 3 atom stereocenters. The number of aliphatic carboxylic acids is 1. The summed E-state index contributed by atoms with van der Waals surface area (Å²) < 4.78 is 0. The van der Waals surface area contributed by atoms with Crippen LogP contribution in [0.5, 0.6) is 0 Å². The Balaban J connectivity index is 2.50. The minimum absolute atomic E-state index is 0.207. The Hall–Kier alpha value is -1.10. The zero-order chi connectivity index (χ0) is 12.8. The van der Waals surface area contributed by atoms with E-state index in [0.29, 0.717) is 19.3 Å². The summed E-state index contributed by atoms with van der Waals surface area (Å²) >= 11 is 0. The Morgan fingerprint density at radius 1 is 1.29 bits per heavy atom. The van der Waals surface area contributed by atoms with Crippen molar-refractivity contribution in [2.45, 2.75) is 45.1 Å². The molecule has 1 saturated carbocycles. The molecule has 5 heteroatoms. The topological polar surface area (TPSA) is 86.6 Å². The first-order valence-electron chi connectivity index (χ1n) is 6.24. The molecule has 0 aliphatic heterocycles. The maximum Gasteiger partial charge on any atom is 0.307 e. The van der Waals surface area contributed by atoms with Crippen LogP contribution in [0, 0.1) is 11.8 Å². The normalized spacial score (nSPS) is 26.2. The third-order valence-electron chi connectivity index (χ3n) is 3.40. The Bertz CT molecular complexity index is 280. The fourth-order valence-electron chi connectivity index (χ4n) is 2.23. The van der Waals surface area contributed by atoms with E-state index in [1.54, 1.807) is 0 Å². The van der Waals surface area contributed by atoms with Crippen LogP contribution in [0.3, 0.4) is 0 Å². The monoisotopic (exact) mass is 243 g/mol. The smallest absolute Gasteiger partial charge is 0.307 e. The molecule has 1 fully saturated rings. The van der Waals surface area contributed by atoms with Crippen molar-refractivity contribution in [3.8, 4) is 0 Å². The van der Waals surface area contributed by atoms with Crippen molar-refractivity contribution in [1.82, 2.24) is 5.32 Å². The number of carbonyl (C=O) groups excluding carboxylic acids is 1. The van der Waals surface area contributed by atoms with Gasteiger partial charge in [-0.05, 0) is 19.3 Å². The lowest BCUT2D eigenvalue weighted by Crippen LogP contribution is -2.42. The van der Waals surface area contributed by atoms with Crippen LogP contribution in [0.1, 0.15) is 39.0 Å². The van der Waals surface area contributed by atoms with Gasteiger partial charge < -0.3 is 15.5 Å². The van der Waals surface area contributed by atoms with Crippen molar-refractivity contribution in [2.24, 2.45) is 11.8 Å². The van der Waals surface area contributed by atoms with Crippen molar-refractivity contribution in [1.29, 1.82) is 0 Å². The van der Waals surface area contributed by atoms with E-state index in [9.17, 15) is 14.7 Å². The maximum absolute atomic E-state index is 11.8. The third kappa shape index (κ3) is 4.00. The number of carbonyl (C=O) groups is 2. The molecule has 1 amide bonds. The first-order chi connectivity index (χ1) is 8.06. The summed E-state index contributed by atoms with van der Waals surface area (Å²) in [6.45, 7) is 2.04. The third-order valence-corrected chi connectivity index (χ3v) is 3.40. The number of amides is 1. The second-order valence-corrected chi connectivity index (χ2v) is 4.64. The summed E-state index contributed by atoms with van der Waals surface area (Å²) in [7, 11) is 0. The van der Waals surface area contributed by atoms with Gasteiger partial charge in [-0.1, -0.05) is 19.8 Å². The van der Waals surface area contributed by atoms with Gasteiger partial charge in [-0.15, -0.1) is 0 Å². The summed E-state index contributed by atoms with van der Waals surface area (Å²) in [5, 5.41) is 21.0. The average Bonchev–Trinajstić information content (AvgIpc) is 2.35. The number of hydrogen-bond acceptors (Lipinski definition) is 3. The summed E-state index contributed by atoms with van der Waals surface area (Å²) in [5.74, 6) is -2.13. The molecule has 0 aromatic rings. The van der Waals surface area contributed by atoms with Crippen molar-refractivity contribution < 1.29 is 19.8 Å². The van der Waals surface area contributed by atoms with Crippen LogP contribution in [0.2, 0.25) is 0 Å². The molecule has 0 bridgehead atoms. The fourth-order valence-corrected chi connectivity index (χ4v) is 2.23. The lowest BCUT2D eigenvalue weighted by atomic mass is 9.78. The highest BCUT2D eigenvalue weighted by Gasteiger charge is 2.35. The standard InChI is InChI=1S/C12H21NO4/c1-2-8(14)7-13-11(15)9-5-3-4-6-10(9)12(16)17/h8-10,14H,2-7H2,1H3,(H,13,15)(H,16,17)/t8?,9-,10+/m1/s1. The molecule has 1 aliphatic carbocycles. The lowest BCUT2D eigenvalue weighted by Gasteiger charge is -2.27. The SMILES string of the molecule is CCC(O)CNC(=O)[C@@H]1CCCC[C@@H]1C(=O)O. The number of aliphatic hydroxyl groups is 1. The molecule has 0 spiro atoms. The quantitative estimate of drug-likeness (QED) is 0.665. The molecule has 3 N–H and O–H groups in total. The zero-order valence-electron chi connectivity index (χ0n) is 10.2. The largest absolute Gasteiger partial charge is 0.481 e. The summed E-state index contributed by atoms with van der Waals surface area (Å²) in [6.07, 6.45) is 3.00. The molecule has 0 heterocycles. The van der Waals surface area contributed by atoms with Gasteiger partial charge in [-0.3, -0.25) is 9.59 Å². The van der Waals surface area contributed by atoms with Gasteiger partial charge in [-0.2, -0.15) is 0 Å². The highest BCUT2D eigenvalue weighted by molar-refractivity contribution is 5.84. The number of aliphatic hydroxyl groups excluding tert-OH is 1. The van der Waals surface area contributed by atoms with Gasteiger partial charge in [0.25, 0.3) is 0 Å². The van der Waals surface area contributed by atoms with Crippen LogP contribution in [0.15, 0.2) is 0 Å². The molecule has 1 unspecified atom stereocenters. The van der Waals surface area contributed by atoms with Crippen molar-refractivity contribution in [2.75, 3.05) is 6.54 Å². The van der Waals surface area contributed by atoms with E-state index in [1.807, 2.05) is 6.92 Å². The summed E-state index contributed by atoms with van der Waals surface area (Å²) in [6, 6.07) is 0. The van der Waals surface area contributed by atoms with Gasteiger partial charge in [0.15, 0.2) is 0 Å². The van der Waals surface area contributed by atoms with Crippen LogP contribution >= 0.6 is 0 Å². The summed E-state index contributed by atoms with van der Waals surface area (Å²) in [5.41, 5.74) is 0. The number of nitrogens with one attached hydrogen (secondary N) is 1. The molecule has 0 aromatic heterocycles. The molecule has 0 aromatic carbocycles. The molecular weight excluding hydrogens is 222 g/mol. The Labute approximate surface area is 101 Å². The van der Waals surface area contributed by atoms with Crippen LogP contribution in [0.4, 0.5) is 0 Å². The molecule has 17 heavy (non-hydrogen) atoms. The van der Waals surface area contributed by atoms with E-state index in [-0.39, 0.29) is 12.5 Å². The van der Waals surface area contributed by atoms with E-state index in [2.05, 4.69) is 5.32 Å². The van der Waals surface area contributed by atoms with Gasteiger partial charge >= 0.3 is 5.97 Å². The van der Waals surface area contributed by atoms with Gasteiger partial charge in [0, 0.05) is 6.54 Å². The van der Waals surface area contributed by atoms with E-state index < -0.39 is 23.9 Å². The van der Waals surface area contributed by atoms with Gasteiger partial charge in [0.05, 0.1) is 17.9 Å². The van der Waals surface area contributed by atoms with Crippen LogP contribution in [0.25, 0.3) is 0 Å². The second kappa shape index (κ2) is 6.59. The number of carboxylic acids is 1.